The van der Waals surface area contributed by atoms with Crippen LogP contribution in [0.2, 0.25) is 0 Å². The highest BCUT2D eigenvalue weighted by Gasteiger charge is 2.19. The van der Waals surface area contributed by atoms with Crippen molar-refractivity contribution in [2.45, 2.75) is 36.1 Å². The van der Waals surface area contributed by atoms with E-state index in [0.717, 1.165) is 18.3 Å². The highest BCUT2D eigenvalue weighted by atomic mass is 32.2. The van der Waals surface area contributed by atoms with Gasteiger partial charge in [0.2, 0.25) is 0 Å². The van der Waals surface area contributed by atoms with Gasteiger partial charge in [-0.25, -0.2) is 0 Å². The fraction of sp³-hybridized carbons (Fsp3) is 0.357. The number of benzene rings is 1. The average Bonchev–Trinajstić information content (AvgIpc) is 3.09. The van der Waals surface area contributed by atoms with Crippen LogP contribution < -0.4 is 5.32 Å². The molecule has 18 heavy (non-hydrogen) atoms. The zero-order chi connectivity index (χ0) is 12.2. The first-order chi connectivity index (χ1) is 8.90. The molecule has 0 amide bonds. The van der Waals surface area contributed by atoms with Gasteiger partial charge < -0.3 is 5.32 Å². The lowest BCUT2D eigenvalue weighted by molar-refractivity contribution is 0.687. The van der Waals surface area contributed by atoms with E-state index in [0.29, 0.717) is 0 Å². The lowest BCUT2D eigenvalue weighted by Crippen LogP contribution is -2.14. The van der Waals surface area contributed by atoms with E-state index in [1.54, 1.807) is 11.3 Å². The second-order valence-corrected chi connectivity index (χ2v) is 6.58. The van der Waals surface area contributed by atoms with Gasteiger partial charge in [0.15, 0.2) is 0 Å². The van der Waals surface area contributed by atoms with E-state index in [-0.39, 0.29) is 0 Å². The van der Waals surface area contributed by atoms with Crippen LogP contribution in [0.4, 0.5) is 0 Å². The van der Waals surface area contributed by atoms with Gasteiger partial charge in [-0.1, -0.05) is 12.1 Å². The minimum atomic E-state index is 0.783. The lowest BCUT2D eigenvalue weighted by atomic mass is 10.2. The summed E-state index contributed by atoms with van der Waals surface area (Å²) in [6.07, 6.45) is 4.65. The van der Waals surface area contributed by atoms with Crippen LogP contribution in [0.25, 0.3) is 0 Å². The Balaban J connectivity index is 1.50. The molecule has 1 N–H and O–H groups in total. The second-order valence-electron chi connectivity index (χ2n) is 4.56. The highest BCUT2D eigenvalue weighted by molar-refractivity contribution is 7.98. The number of aromatic nitrogens is 1. The molecule has 94 valence electrons. The molecular formula is C14H16N2S2. The number of rotatable bonds is 6. The van der Waals surface area contributed by atoms with Crippen molar-refractivity contribution in [2.75, 3.05) is 0 Å². The van der Waals surface area contributed by atoms with Crippen molar-refractivity contribution < 1.29 is 0 Å². The Kier molecular flexibility index (Phi) is 3.98. The third kappa shape index (κ3) is 3.57. The van der Waals surface area contributed by atoms with Crippen molar-refractivity contribution in [2.24, 2.45) is 0 Å². The smallest absolute Gasteiger partial charge is 0.0794 e. The van der Waals surface area contributed by atoms with Gasteiger partial charge in [0.05, 0.1) is 5.51 Å². The summed E-state index contributed by atoms with van der Waals surface area (Å²) in [5.41, 5.74) is 3.27. The van der Waals surface area contributed by atoms with Gasteiger partial charge in [-0.15, -0.1) is 23.1 Å². The van der Waals surface area contributed by atoms with Crippen LogP contribution in [0.1, 0.15) is 23.3 Å². The van der Waals surface area contributed by atoms with Gasteiger partial charge in [-0.05, 0) is 30.5 Å². The SMILES string of the molecule is c1ncc(CSc2ccc(CNC3CC3)cc2)s1. The summed E-state index contributed by atoms with van der Waals surface area (Å²) >= 11 is 3.60. The van der Waals surface area contributed by atoms with Crippen molar-refractivity contribution >= 4 is 23.1 Å². The Morgan fingerprint density at radius 1 is 1.28 bits per heavy atom. The summed E-state index contributed by atoms with van der Waals surface area (Å²) in [5, 5.41) is 3.53. The molecule has 0 unspecified atom stereocenters. The first kappa shape index (κ1) is 12.2. The summed E-state index contributed by atoms with van der Waals surface area (Å²) < 4.78 is 0. The fourth-order valence-corrected chi connectivity index (χ4v) is 3.26. The predicted octanol–water partition coefficient (Wildman–Crippen LogP) is 3.69. The standard InChI is InChI=1S/C14H16N2S2/c1-5-13(17-9-14-8-15-10-18-14)6-2-11(1)7-16-12-3-4-12/h1-2,5-6,8,10,12,16H,3-4,7,9H2. The molecule has 1 aromatic carbocycles. The first-order valence-electron chi connectivity index (χ1n) is 6.22. The molecule has 1 aromatic heterocycles. The molecule has 0 atom stereocenters. The summed E-state index contributed by atoms with van der Waals surface area (Å²) in [5.74, 6) is 1.02. The van der Waals surface area contributed by atoms with Crippen LogP contribution in [0.15, 0.2) is 40.9 Å². The fourth-order valence-electron chi connectivity index (χ4n) is 1.72. The molecule has 4 heteroatoms. The number of hydrogen-bond acceptors (Lipinski definition) is 4. The van der Waals surface area contributed by atoms with Gasteiger partial charge >= 0.3 is 0 Å². The third-order valence-corrected chi connectivity index (χ3v) is 4.98. The molecule has 1 heterocycles. The van der Waals surface area contributed by atoms with Crippen LogP contribution >= 0.6 is 23.1 Å². The number of thioether (sulfide) groups is 1. The molecule has 0 aliphatic heterocycles. The second kappa shape index (κ2) is 5.87. The summed E-state index contributed by atoms with van der Waals surface area (Å²) in [6, 6.07) is 9.67. The predicted molar refractivity (Wildman–Crippen MR) is 78.0 cm³/mol. The Morgan fingerprint density at radius 3 is 2.78 bits per heavy atom. The van der Waals surface area contributed by atoms with E-state index in [1.807, 2.05) is 23.5 Å². The van der Waals surface area contributed by atoms with Gasteiger partial charge in [-0.3, -0.25) is 4.98 Å². The monoisotopic (exact) mass is 276 g/mol. The van der Waals surface area contributed by atoms with Gasteiger partial charge in [0.25, 0.3) is 0 Å². The van der Waals surface area contributed by atoms with Crippen molar-refractivity contribution in [1.29, 1.82) is 0 Å². The molecule has 1 fully saturated rings. The first-order valence-corrected chi connectivity index (χ1v) is 8.09. The van der Waals surface area contributed by atoms with Crippen LogP contribution in [-0.2, 0) is 12.3 Å². The van der Waals surface area contributed by atoms with E-state index >= 15 is 0 Å². The number of nitrogens with one attached hydrogen (secondary N) is 1. The van der Waals surface area contributed by atoms with Gasteiger partial charge in [-0.2, -0.15) is 0 Å². The zero-order valence-electron chi connectivity index (χ0n) is 10.1. The van der Waals surface area contributed by atoms with E-state index in [1.165, 1.54) is 28.2 Å². The zero-order valence-corrected chi connectivity index (χ0v) is 11.8. The minimum Gasteiger partial charge on any atom is -0.310 e. The molecule has 1 aliphatic rings. The van der Waals surface area contributed by atoms with E-state index < -0.39 is 0 Å². The Hall–Kier alpha value is -0.840. The molecule has 3 rings (SSSR count). The Morgan fingerprint density at radius 2 is 2.11 bits per heavy atom. The van der Waals surface area contributed by atoms with Gasteiger partial charge in [0.1, 0.15) is 0 Å². The molecule has 2 aromatic rings. The quantitative estimate of drug-likeness (QED) is 0.815. The van der Waals surface area contributed by atoms with Crippen molar-refractivity contribution in [3.8, 4) is 0 Å². The molecule has 1 aliphatic carbocycles. The summed E-state index contributed by atoms with van der Waals surface area (Å²) in [4.78, 5) is 6.76. The van der Waals surface area contributed by atoms with E-state index in [4.69, 9.17) is 0 Å². The van der Waals surface area contributed by atoms with Crippen LogP contribution in [-0.4, -0.2) is 11.0 Å². The Labute approximate surface area is 116 Å². The molecule has 0 bridgehead atoms. The Bertz CT molecular complexity index is 475. The lowest BCUT2D eigenvalue weighted by Gasteiger charge is -2.04. The molecule has 2 nitrogen and oxygen atoms in total. The summed E-state index contributed by atoms with van der Waals surface area (Å²) in [6.45, 7) is 1.00. The third-order valence-electron chi connectivity index (χ3n) is 2.96. The number of nitrogens with zero attached hydrogens (tertiary/aromatic N) is 1. The number of hydrogen-bond donors (Lipinski definition) is 1. The highest BCUT2D eigenvalue weighted by Crippen LogP contribution is 2.25. The normalized spacial score (nSPS) is 14.9. The molecule has 0 saturated heterocycles. The molecule has 1 saturated carbocycles. The maximum Gasteiger partial charge on any atom is 0.0794 e. The van der Waals surface area contributed by atoms with Crippen molar-refractivity contribution in [1.82, 2.24) is 10.3 Å². The van der Waals surface area contributed by atoms with Crippen molar-refractivity contribution in [3.05, 3.63) is 46.4 Å². The van der Waals surface area contributed by atoms with E-state index in [9.17, 15) is 0 Å². The van der Waals surface area contributed by atoms with Crippen molar-refractivity contribution in [3.63, 3.8) is 0 Å². The van der Waals surface area contributed by atoms with E-state index in [2.05, 4.69) is 34.6 Å². The average molecular weight is 276 g/mol. The number of thiazole rings is 1. The maximum absolute atomic E-state index is 4.09. The maximum atomic E-state index is 4.09. The molecular weight excluding hydrogens is 260 g/mol. The topological polar surface area (TPSA) is 24.9 Å². The van der Waals surface area contributed by atoms with Gasteiger partial charge in [0, 0.05) is 34.3 Å². The molecule has 0 spiro atoms. The van der Waals surface area contributed by atoms with Crippen LogP contribution in [0, 0.1) is 0 Å². The minimum absolute atomic E-state index is 0.783. The van der Waals surface area contributed by atoms with Crippen LogP contribution in [0.3, 0.4) is 0 Å². The largest absolute Gasteiger partial charge is 0.310 e. The summed E-state index contributed by atoms with van der Waals surface area (Å²) in [7, 11) is 0. The van der Waals surface area contributed by atoms with Crippen LogP contribution in [0.5, 0.6) is 0 Å². The molecule has 0 radical (unpaired) electrons.